The van der Waals surface area contributed by atoms with E-state index >= 15 is 0 Å². The Hall–Kier alpha value is -2.22. The van der Waals surface area contributed by atoms with Crippen molar-refractivity contribution >= 4 is 11.7 Å². The zero-order chi connectivity index (χ0) is 15.3. The average Bonchev–Trinajstić information content (AvgIpc) is 2.38. The quantitative estimate of drug-likeness (QED) is 0.517. The van der Waals surface area contributed by atoms with Crippen molar-refractivity contribution in [1.29, 1.82) is 0 Å². The van der Waals surface area contributed by atoms with Crippen molar-refractivity contribution in [3.63, 3.8) is 0 Å². The van der Waals surface area contributed by atoms with E-state index in [1.165, 1.54) is 21.0 Å². The maximum absolute atomic E-state index is 12.0. The Labute approximate surface area is 114 Å². The largest absolute Gasteiger partial charge is 0.383 e. The van der Waals surface area contributed by atoms with Gasteiger partial charge in [0.1, 0.15) is 6.04 Å². The number of ether oxygens (including phenoxy) is 1. The van der Waals surface area contributed by atoms with Crippen LogP contribution in [0.1, 0.15) is 30.2 Å². The predicted octanol–water partition coefficient (Wildman–Crippen LogP) is -0.937. The van der Waals surface area contributed by atoms with Crippen LogP contribution >= 0.6 is 0 Å². The molecule has 0 bridgehead atoms. The summed E-state index contributed by atoms with van der Waals surface area (Å²) in [5, 5.41) is 2.52. The van der Waals surface area contributed by atoms with Crippen LogP contribution in [0.5, 0.6) is 0 Å². The first kappa shape index (κ1) is 15.8. The molecule has 0 spiro atoms. The minimum absolute atomic E-state index is 0.166. The lowest BCUT2D eigenvalue weighted by Crippen LogP contribution is -2.45. The fraction of sp³-hybridized carbons (Fsp3) is 0.500. The number of nitrogens with one attached hydrogen (secondary N) is 2. The number of ketones is 1. The number of methoxy groups -OCH3 is 1. The van der Waals surface area contributed by atoms with Gasteiger partial charge < -0.3 is 15.0 Å². The van der Waals surface area contributed by atoms with E-state index in [-0.39, 0.29) is 12.1 Å². The molecule has 0 saturated carbocycles. The summed E-state index contributed by atoms with van der Waals surface area (Å²) in [6, 6.07) is -1.03. The van der Waals surface area contributed by atoms with Gasteiger partial charge in [0.15, 0.2) is 5.78 Å². The molecule has 0 saturated heterocycles. The monoisotopic (exact) mass is 283 g/mol. The van der Waals surface area contributed by atoms with E-state index in [2.05, 4.69) is 10.3 Å². The molecular weight excluding hydrogens is 266 g/mol. The van der Waals surface area contributed by atoms with Crippen molar-refractivity contribution in [2.24, 2.45) is 0 Å². The van der Waals surface area contributed by atoms with Gasteiger partial charge in [-0.15, -0.1) is 0 Å². The Bertz CT molecular complexity index is 616. The number of aromatic amines is 1. The van der Waals surface area contributed by atoms with Crippen LogP contribution in [0.4, 0.5) is 0 Å². The average molecular weight is 283 g/mol. The van der Waals surface area contributed by atoms with Gasteiger partial charge in [-0.05, 0) is 13.8 Å². The lowest BCUT2D eigenvalue weighted by Gasteiger charge is -2.14. The lowest BCUT2D eigenvalue weighted by molar-refractivity contribution is -0.124. The summed E-state index contributed by atoms with van der Waals surface area (Å²) in [6.45, 7) is 3.20. The van der Waals surface area contributed by atoms with E-state index in [4.69, 9.17) is 4.74 Å². The number of carbonyl (C=O) groups excluding carboxylic acids is 2. The van der Waals surface area contributed by atoms with Gasteiger partial charge in [-0.25, -0.2) is 9.36 Å². The van der Waals surface area contributed by atoms with Gasteiger partial charge in [-0.3, -0.25) is 14.4 Å². The van der Waals surface area contributed by atoms with Crippen LogP contribution in [0.3, 0.4) is 0 Å². The van der Waals surface area contributed by atoms with Gasteiger partial charge in [0.05, 0.1) is 12.2 Å². The SMILES string of the molecule is COCCNC(=O)C(C)n1c(=O)[nH]cc(C(C)=O)c1=O. The van der Waals surface area contributed by atoms with E-state index in [0.717, 1.165) is 10.8 Å². The molecule has 0 aliphatic heterocycles. The highest BCUT2D eigenvalue weighted by molar-refractivity contribution is 5.93. The summed E-state index contributed by atoms with van der Waals surface area (Å²) in [5.74, 6) is -0.984. The Balaban J connectivity index is 3.10. The topological polar surface area (TPSA) is 110 Å². The number of hydrogen-bond donors (Lipinski definition) is 2. The molecule has 0 fully saturated rings. The lowest BCUT2D eigenvalue weighted by atomic mass is 10.2. The van der Waals surface area contributed by atoms with Gasteiger partial charge in [0, 0.05) is 19.9 Å². The van der Waals surface area contributed by atoms with Crippen molar-refractivity contribution < 1.29 is 14.3 Å². The summed E-state index contributed by atoms with van der Waals surface area (Å²) in [5.41, 5.74) is -1.69. The first-order valence-corrected chi connectivity index (χ1v) is 6.02. The zero-order valence-corrected chi connectivity index (χ0v) is 11.6. The third-order valence-corrected chi connectivity index (χ3v) is 2.76. The van der Waals surface area contributed by atoms with Gasteiger partial charge in [0.2, 0.25) is 5.91 Å². The third kappa shape index (κ3) is 3.41. The number of aromatic nitrogens is 2. The Kier molecular flexibility index (Phi) is 5.39. The molecule has 1 unspecified atom stereocenters. The highest BCUT2D eigenvalue weighted by atomic mass is 16.5. The maximum Gasteiger partial charge on any atom is 0.329 e. The normalized spacial score (nSPS) is 11.9. The number of nitrogens with zero attached hydrogens (tertiary/aromatic N) is 1. The molecule has 0 aromatic carbocycles. The molecule has 20 heavy (non-hydrogen) atoms. The number of amides is 1. The van der Waals surface area contributed by atoms with Crippen LogP contribution in [0.25, 0.3) is 0 Å². The zero-order valence-electron chi connectivity index (χ0n) is 11.6. The molecule has 1 aromatic heterocycles. The predicted molar refractivity (Wildman–Crippen MR) is 70.9 cm³/mol. The van der Waals surface area contributed by atoms with Gasteiger partial charge in [0.25, 0.3) is 5.56 Å². The third-order valence-electron chi connectivity index (χ3n) is 2.76. The van der Waals surface area contributed by atoms with Gasteiger partial charge in [-0.2, -0.15) is 0 Å². The molecule has 1 aromatic rings. The number of H-pyrrole nitrogens is 1. The van der Waals surface area contributed by atoms with Crippen molar-refractivity contribution in [3.8, 4) is 0 Å². The van der Waals surface area contributed by atoms with E-state index in [9.17, 15) is 19.2 Å². The van der Waals surface area contributed by atoms with Crippen molar-refractivity contribution in [2.45, 2.75) is 19.9 Å². The number of carbonyl (C=O) groups is 2. The standard InChI is InChI=1S/C12H17N3O5/c1-7(10(17)13-4-5-20-3)15-11(18)9(8(2)16)6-14-12(15)19/h6-7H,4-5H2,1-3H3,(H,13,17)(H,14,19). The Morgan fingerprint density at radius 1 is 1.45 bits per heavy atom. The van der Waals surface area contributed by atoms with Crippen LogP contribution in [0, 0.1) is 0 Å². The summed E-state index contributed by atoms with van der Waals surface area (Å²) in [6.07, 6.45) is 1.05. The molecule has 8 heteroatoms. The molecule has 1 amide bonds. The van der Waals surface area contributed by atoms with E-state index < -0.39 is 29.0 Å². The molecule has 0 aliphatic carbocycles. The van der Waals surface area contributed by atoms with Crippen molar-refractivity contribution in [3.05, 3.63) is 32.6 Å². The first-order chi connectivity index (χ1) is 9.40. The molecule has 1 rings (SSSR count). The molecular formula is C12H17N3O5. The van der Waals surface area contributed by atoms with Crippen LogP contribution in [-0.2, 0) is 9.53 Å². The second-order valence-electron chi connectivity index (χ2n) is 4.20. The minimum Gasteiger partial charge on any atom is -0.383 e. The molecule has 1 heterocycles. The summed E-state index contributed by atoms with van der Waals surface area (Å²) in [4.78, 5) is 49.1. The Morgan fingerprint density at radius 3 is 2.65 bits per heavy atom. The molecule has 0 aliphatic rings. The summed E-state index contributed by atoms with van der Waals surface area (Å²) >= 11 is 0. The van der Waals surface area contributed by atoms with Crippen LogP contribution < -0.4 is 16.6 Å². The fourth-order valence-corrected chi connectivity index (χ4v) is 1.63. The number of hydrogen-bond acceptors (Lipinski definition) is 5. The molecule has 0 radical (unpaired) electrons. The first-order valence-electron chi connectivity index (χ1n) is 6.02. The van der Waals surface area contributed by atoms with Crippen LogP contribution in [-0.4, -0.2) is 41.5 Å². The van der Waals surface area contributed by atoms with Crippen molar-refractivity contribution in [2.75, 3.05) is 20.3 Å². The van der Waals surface area contributed by atoms with Crippen molar-refractivity contribution in [1.82, 2.24) is 14.9 Å². The van der Waals surface area contributed by atoms with E-state index in [1.54, 1.807) is 0 Å². The Morgan fingerprint density at radius 2 is 2.10 bits per heavy atom. The van der Waals surface area contributed by atoms with E-state index in [1.807, 2.05) is 0 Å². The fourth-order valence-electron chi connectivity index (χ4n) is 1.63. The van der Waals surface area contributed by atoms with Crippen LogP contribution in [0.15, 0.2) is 15.8 Å². The molecule has 1 atom stereocenters. The highest BCUT2D eigenvalue weighted by Crippen LogP contribution is 1.99. The number of rotatable bonds is 6. The number of Topliss-reactive ketones (excluding diaryl/α,β-unsaturated/α-hetero) is 1. The van der Waals surface area contributed by atoms with E-state index in [0.29, 0.717) is 6.61 Å². The molecule has 110 valence electrons. The van der Waals surface area contributed by atoms with Gasteiger partial charge in [-0.1, -0.05) is 0 Å². The molecule has 2 N–H and O–H groups in total. The minimum atomic E-state index is -1.03. The summed E-state index contributed by atoms with van der Waals surface area (Å²) in [7, 11) is 1.49. The second kappa shape index (κ2) is 6.80. The summed E-state index contributed by atoms with van der Waals surface area (Å²) < 4.78 is 5.50. The molecule has 8 nitrogen and oxygen atoms in total. The van der Waals surface area contributed by atoms with Gasteiger partial charge >= 0.3 is 5.69 Å². The smallest absolute Gasteiger partial charge is 0.329 e. The maximum atomic E-state index is 12.0. The highest BCUT2D eigenvalue weighted by Gasteiger charge is 2.21. The van der Waals surface area contributed by atoms with Crippen LogP contribution in [0.2, 0.25) is 0 Å². The second-order valence-corrected chi connectivity index (χ2v) is 4.20.